The van der Waals surface area contributed by atoms with Crippen LogP contribution in [-0.4, -0.2) is 19.8 Å². The molecule has 0 aliphatic heterocycles. The largest absolute Gasteiger partial charge is 0.380 e. The van der Waals surface area contributed by atoms with Gasteiger partial charge in [0.15, 0.2) is 0 Å². The van der Waals surface area contributed by atoms with E-state index in [9.17, 15) is 0 Å². The Hall–Kier alpha value is -0.570. The summed E-state index contributed by atoms with van der Waals surface area (Å²) in [6, 6.07) is 8.37. The number of alkyl halides is 1. The molecule has 3 heteroatoms. The van der Waals surface area contributed by atoms with Crippen molar-refractivity contribution in [3.05, 3.63) is 35.4 Å². The minimum Gasteiger partial charge on any atom is -0.380 e. The molecule has 0 aliphatic rings. The molecule has 0 aliphatic carbocycles. The summed E-state index contributed by atoms with van der Waals surface area (Å²) >= 11 is 5.73. The Kier molecular flexibility index (Phi) is 8.06. The molecule has 0 atom stereocenters. The maximum Gasteiger partial charge on any atom is 0.0591 e. The van der Waals surface area contributed by atoms with Crippen LogP contribution in [0.4, 0.5) is 0 Å². The van der Waals surface area contributed by atoms with Gasteiger partial charge >= 0.3 is 0 Å². The van der Waals surface area contributed by atoms with Gasteiger partial charge in [0.05, 0.1) is 6.61 Å². The fourth-order valence-electron chi connectivity index (χ4n) is 1.47. The van der Waals surface area contributed by atoms with E-state index < -0.39 is 0 Å². The molecule has 0 saturated heterocycles. The van der Waals surface area contributed by atoms with Crippen LogP contribution in [0.3, 0.4) is 0 Å². The van der Waals surface area contributed by atoms with Gasteiger partial charge in [-0.3, -0.25) is 0 Å². The highest BCUT2D eigenvalue weighted by Crippen LogP contribution is 2.06. The highest BCUT2D eigenvalue weighted by molar-refractivity contribution is 6.17. The lowest BCUT2D eigenvalue weighted by Crippen LogP contribution is -2.19. The fraction of sp³-hybridized carbons (Fsp3) is 0.571. The maximum absolute atomic E-state index is 5.73. The Labute approximate surface area is 109 Å². The molecule has 1 aromatic rings. The van der Waals surface area contributed by atoms with E-state index in [1.54, 1.807) is 0 Å². The van der Waals surface area contributed by atoms with Crippen LogP contribution in [0.2, 0.25) is 0 Å². The minimum atomic E-state index is 0.582. The SMILES string of the molecule is CCCCOCCNCc1ccc(CCl)cc1. The molecule has 0 amide bonds. The Morgan fingerprint density at radius 1 is 1.12 bits per heavy atom. The van der Waals surface area contributed by atoms with E-state index in [4.69, 9.17) is 16.3 Å². The van der Waals surface area contributed by atoms with Crippen LogP contribution < -0.4 is 5.32 Å². The molecule has 1 N–H and O–H groups in total. The Balaban J connectivity index is 2.05. The molecular weight excluding hydrogens is 234 g/mol. The second-order valence-electron chi connectivity index (χ2n) is 4.09. The normalized spacial score (nSPS) is 10.7. The first kappa shape index (κ1) is 14.5. The Bertz CT molecular complexity index is 287. The third kappa shape index (κ3) is 6.67. The van der Waals surface area contributed by atoms with Crippen LogP contribution in [-0.2, 0) is 17.2 Å². The predicted molar refractivity (Wildman–Crippen MR) is 73.4 cm³/mol. The van der Waals surface area contributed by atoms with Gasteiger partial charge in [0, 0.05) is 25.6 Å². The molecule has 0 fully saturated rings. The second-order valence-corrected chi connectivity index (χ2v) is 4.36. The van der Waals surface area contributed by atoms with Crippen molar-refractivity contribution in [2.45, 2.75) is 32.2 Å². The number of benzene rings is 1. The van der Waals surface area contributed by atoms with E-state index in [1.807, 2.05) is 0 Å². The van der Waals surface area contributed by atoms with E-state index in [-0.39, 0.29) is 0 Å². The van der Waals surface area contributed by atoms with Crippen molar-refractivity contribution in [2.75, 3.05) is 19.8 Å². The van der Waals surface area contributed by atoms with Gasteiger partial charge in [0.25, 0.3) is 0 Å². The standard InChI is InChI=1S/C14H22ClNO/c1-2-3-9-17-10-8-16-12-14-6-4-13(11-15)5-7-14/h4-7,16H,2-3,8-12H2,1H3. The van der Waals surface area contributed by atoms with Crippen molar-refractivity contribution in [3.63, 3.8) is 0 Å². The van der Waals surface area contributed by atoms with Crippen LogP contribution in [0.5, 0.6) is 0 Å². The lowest BCUT2D eigenvalue weighted by Gasteiger charge is -2.06. The molecule has 96 valence electrons. The van der Waals surface area contributed by atoms with E-state index in [0.717, 1.165) is 32.7 Å². The topological polar surface area (TPSA) is 21.3 Å². The Morgan fingerprint density at radius 2 is 1.82 bits per heavy atom. The van der Waals surface area contributed by atoms with Crippen molar-refractivity contribution >= 4 is 11.6 Å². The number of hydrogen-bond donors (Lipinski definition) is 1. The second kappa shape index (κ2) is 9.46. The average Bonchev–Trinajstić information content (AvgIpc) is 2.38. The zero-order chi connectivity index (χ0) is 12.3. The third-order valence-electron chi connectivity index (χ3n) is 2.57. The smallest absolute Gasteiger partial charge is 0.0591 e. The molecular formula is C14H22ClNO. The summed E-state index contributed by atoms with van der Waals surface area (Å²) < 4.78 is 5.47. The first-order valence-corrected chi connectivity index (χ1v) is 6.82. The molecule has 0 radical (unpaired) electrons. The average molecular weight is 256 g/mol. The molecule has 0 saturated carbocycles. The van der Waals surface area contributed by atoms with Crippen LogP contribution in [0, 0.1) is 0 Å². The summed E-state index contributed by atoms with van der Waals surface area (Å²) in [5, 5.41) is 3.36. The van der Waals surface area contributed by atoms with E-state index in [0.29, 0.717) is 5.88 Å². The summed E-state index contributed by atoms with van der Waals surface area (Å²) in [6.07, 6.45) is 2.35. The molecule has 0 heterocycles. The van der Waals surface area contributed by atoms with Gasteiger partial charge in [0.2, 0.25) is 0 Å². The number of hydrogen-bond acceptors (Lipinski definition) is 2. The molecule has 0 bridgehead atoms. The lowest BCUT2D eigenvalue weighted by molar-refractivity contribution is 0.133. The van der Waals surface area contributed by atoms with Crippen LogP contribution in [0.25, 0.3) is 0 Å². The fourth-order valence-corrected chi connectivity index (χ4v) is 1.65. The first-order valence-electron chi connectivity index (χ1n) is 6.29. The number of rotatable bonds is 9. The summed E-state index contributed by atoms with van der Waals surface area (Å²) in [5.74, 6) is 0.582. The first-order chi connectivity index (χ1) is 8.36. The van der Waals surface area contributed by atoms with E-state index in [1.165, 1.54) is 17.5 Å². The Morgan fingerprint density at radius 3 is 2.47 bits per heavy atom. The van der Waals surface area contributed by atoms with Gasteiger partial charge in [-0.25, -0.2) is 0 Å². The summed E-state index contributed by atoms with van der Waals surface area (Å²) in [6.45, 7) is 5.63. The molecule has 0 spiro atoms. The van der Waals surface area contributed by atoms with E-state index >= 15 is 0 Å². The van der Waals surface area contributed by atoms with Gasteiger partial charge in [-0.1, -0.05) is 37.6 Å². The number of nitrogens with one attached hydrogen (secondary N) is 1. The van der Waals surface area contributed by atoms with Crippen LogP contribution in [0.1, 0.15) is 30.9 Å². The van der Waals surface area contributed by atoms with Crippen molar-refractivity contribution in [3.8, 4) is 0 Å². The van der Waals surface area contributed by atoms with Gasteiger partial charge in [-0.15, -0.1) is 11.6 Å². The highest BCUT2D eigenvalue weighted by Gasteiger charge is 1.94. The van der Waals surface area contributed by atoms with Crippen LogP contribution >= 0.6 is 11.6 Å². The van der Waals surface area contributed by atoms with Gasteiger partial charge in [0.1, 0.15) is 0 Å². The quantitative estimate of drug-likeness (QED) is 0.540. The van der Waals surface area contributed by atoms with Crippen molar-refractivity contribution in [1.82, 2.24) is 5.32 Å². The third-order valence-corrected chi connectivity index (χ3v) is 2.88. The summed E-state index contributed by atoms with van der Waals surface area (Å²) in [5.41, 5.74) is 2.45. The van der Waals surface area contributed by atoms with E-state index in [2.05, 4.69) is 36.5 Å². The molecule has 0 unspecified atom stereocenters. The molecule has 1 aromatic carbocycles. The number of ether oxygens (including phenoxy) is 1. The molecule has 17 heavy (non-hydrogen) atoms. The highest BCUT2D eigenvalue weighted by atomic mass is 35.5. The predicted octanol–water partition coefficient (Wildman–Crippen LogP) is 3.33. The summed E-state index contributed by atoms with van der Waals surface area (Å²) in [4.78, 5) is 0. The number of unbranched alkanes of at least 4 members (excludes halogenated alkanes) is 1. The zero-order valence-corrected chi connectivity index (χ0v) is 11.3. The summed E-state index contributed by atoms with van der Waals surface area (Å²) in [7, 11) is 0. The van der Waals surface area contributed by atoms with Crippen molar-refractivity contribution in [2.24, 2.45) is 0 Å². The maximum atomic E-state index is 5.73. The van der Waals surface area contributed by atoms with Gasteiger partial charge in [-0.05, 0) is 17.5 Å². The van der Waals surface area contributed by atoms with Crippen LogP contribution in [0.15, 0.2) is 24.3 Å². The van der Waals surface area contributed by atoms with Gasteiger partial charge < -0.3 is 10.1 Å². The zero-order valence-electron chi connectivity index (χ0n) is 10.5. The lowest BCUT2D eigenvalue weighted by atomic mass is 10.1. The molecule has 0 aromatic heterocycles. The molecule has 2 nitrogen and oxygen atoms in total. The minimum absolute atomic E-state index is 0.582. The number of halogens is 1. The van der Waals surface area contributed by atoms with Gasteiger partial charge in [-0.2, -0.15) is 0 Å². The monoisotopic (exact) mass is 255 g/mol. The van der Waals surface area contributed by atoms with Crippen molar-refractivity contribution < 1.29 is 4.74 Å². The van der Waals surface area contributed by atoms with Crippen molar-refractivity contribution in [1.29, 1.82) is 0 Å². The molecule has 1 rings (SSSR count).